The van der Waals surface area contributed by atoms with E-state index < -0.39 is 0 Å². The molecule has 0 spiro atoms. The third-order valence-electron chi connectivity index (χ3n) is 0.576. The highest BCUT2D eigenvalue weighted by Crippen LogP contribution is 1.74. The van der Waals surface area contributed by atoms with Crippen molar-refractivity contribution in [3.05, 3.63) is 0 Å². The van der Waals surface area contributed by atoms with Crippen LogP contribution >= 0.6 is 0 Å². The van der Waals surface area contributed by atoms with Crippen LogP contribution in [0.1, 0.15) is 0 Å². The SMILES string of the molecule is [B]CCN(C)C. The molecule has 6 heavy (non-hydrogen) atoms. The summed E-state index contributed by atoms with van der Waals surface area (Å²) in [7, 11) is 9.20. The highest BCUT2D eigenvalue weighted by atomic mass is 15.0. The summed E-state index contributed by atoms with van der Waals surface area (Å²) in [6, 6.07) is 0. The van der Waals surface area contributed by atoms with Crippen LogP contribution in [0.4, 0.5) is 0 Å². The quantitative estimate of drug-likeness (QED) is 0.429. The molecule has 2 radical (unpaired) electrons. The molecule has 0 saturated carbocycles. The van der Waals surface area contributed by atoms with Crippen molar-refractivity contribution in [3.8, 4) is 0 Å². The van der Waals surface area contributed by atoms with Crippen LogP contribution < -0.4 is 0 Å². The van der Waals surface area contributed by atoms with Gasteiger partial charge in [0, 0.05) is 0 Å². The summed E-state index contributed by atoms with van der Waals surface area (Å²) in [6.07, 6.45) is 0.757. The number of hydrogen-bond donors (Lipinski definition) is 0. The van der Waals surface area contributed by atoms with Gasteiger partial charge in [-0.15, -0.1) is 0 Å². The fraction of sp³-hybridized carbons (Fsp3) is 1.00. The molecule has 0 aliphatic heterocycles. The Labute approximate surface area is 40.7 Å². The van der Waals surface area contributed by atoms with Gasteiger partial charge in [-0.1, -0.05) is 6.32 Å². The normalized spacial score (nSPS) is 9.83. The summed E-state index contributed by atoms with van der Waals surface area (Å²) in [5.74, 6) is 0. The lowest BCUT2D eigenvalue weighted by molar-refractivity contribution is 0.434. The number of hydrogen-bond acceptors (Lipinski definition) is 1. The van der Waals surface area contributed by atoms with E-state index in [2.05, 4.69) is 4.90 Å². The first-order valence-electron chi connectivity index (χ1n) is 2.12. The van der Waals surface area contributed by atoms with Gasteiger partial charge < -0.3 is 4.90 Å². The minimum Gasteiger partial charge on any atom is -0.310 e. The van der Waals surface area contributed by atoms with Crippen molar-refractivity contribution in [2.45, 2.75) is 6.32 Å². The molecule has 0 atom stereocenters. The smallest absolute Gasteiger partial charge is 0.0670 e. The summed E-state index contributed by atoms with van der Waals surface area (Å²) >= 11 is 0. The van der Waals surface area contributed by atoms with Crippen molar-refractivity contribution >= 4 is 7.85 Å². The molecule has 2 heteroatoms. The van der Waals surface area contributed by atoms with Gasteiger partial charge in [0.15, 0.2) is 0 Å². The Kier molecular flexibility index (Phi) is 3.24. The van der Waals surface area contributed by atoms with Gasteiger partial charge >= 0.3 is 0 Å². The Morgan fingerprint density at radius 2 is 2.00 bits per heavy atom. The zero-order valence-corrected chi connectivity index (χ0v) is 4.44. The molecule has 0 bridgehead atoms. The third kappa shape index (κ3) is 4.02. The first-order chi connectivity index (χ1) is 2.77. The fourth-order valence-corrected chi connectivity index (χ4v) is 0.258. The van der Waals surface area contributed by atoms with Gasteiger partial charge in [-0.3, -0.25) is 0 Å². The average Bonchev–Trinajstić information content (AvgIpc) is 1.35. The van der Waals surface area contributed by atoms with Crippen LogP contribution in [0, 0.1) is 0 Å². The highest BCUT2D eigenvalue weighted by molar-refractivity contribution is 6.08. The van der Waals surface area contributed by atoms with Crippen molar-refractivity contribution < 1.29 is 0 Å². The van der Waals surface area contributed by atoms with Crippen molar-refractivity contribution in [1.29, 1.82) is 0 Å². The Bertz CT molecular complexity index is 28.7. The molecule has 0 fully saturated rings. The van der Waals surface area contributed by atoms with Crippen LogP contribution in [0.25, 0.3) is 0 Å². The van der Waals surface area contributed by atoms with Gasteiger partial charge in [0.2, 0.25) is 0 Å². The molecule has 0 aliphatic carbocycles. The zero-order chi connectivity index (χ0) is 4.99. The zero-order valence-electron chi connectivity index (χ0n) is 4.44. The molecule has 0 rings (SSSR count). The predicted molar refractivity (Wildman–Crippen MR) is 29.1 cm³/mol. The minimum atomic E-state index is 0.757. The molecular formula is C4H10BN. The lowest BCUT2D eigenvalue weighted by atomic mass is 10.1. The largest absolute Gasteiger partial charge is 0.310 e. The molecule has 0 aliphatic rings. The molecule has 0 saturated heterocycles. The lowest BCUT2D eigenvalue weighted by Gasteiger charge is -2.04. The Morgan fingerprint density at radius 1 is 1.50 bits per heavy atom. The van der Waals surface area contributed by atoms with Crippen LogP contribution in [-0.4, -0.2) is 33.4 Å². The van der Waals surface area contributed by atoms with E-state index in [4.69, 9.17) is 7.85 Å². The second kappa shape index (κ2) is 3.22. The molecule has 34 valence electrons. The van der Waals surface area contributed by atoms with E-state index in [0.29, 0.717) is 0 Å². The molecule has 0 amide bonds. The maximum absolute atomic E-state index is 5.19. The molecule has 0 unspecified atom stereocenters. The highest BCUT2D eigenvalue weighted by Gasteiger charge is 1.79. The van der Waals surface area contributed by atoms with Gasteiger partial charge in [-0.05, 0) is 20.6 Å². The summed E-state index contributed by atoms with van der Waals surface area (Å²) in [5.41, 5.74) is 0. The molecule has 0 N–H and O–H groups in total. The Balaban J connectivity index is 2.63. The molecule has 0 aromatic heterocycles. The topological polar surface area (TPSA) is 3.24 Å². The predicted octanol–water partition coefficient (Wildman–Crippen LogP) is 0.135. The van der Waals surface area contributed by atoms with Gasteiger partial charge in [0.25, 0.3) is 0 Å². The van der Waals surface area contributed by atoms with Crippen LogP contribution in [-0.2, 0) is 0 Å². The van der Waals surface area contributed by atoms with Crippen molar-refractivity contribution in [2.75, 3.05) is 20.6 Å². The second-order valence-electron chi connectivity index (χ2n) is 1.59. The Morgan fingerprint density at radius 3 is 2.00 bits per heavy atom. The van der Waals surface area contributed by atoms with Crippen LogP contribution in [0.5, 0.6) is 0 Å². The van der Waals surface area contributed by atoms with Crippen LogP contribution in [0.15, 0.2) is 0 Å². The van der Waals surface area contributed by atoms with Crippen molar-refractivity contribution in [1.82, 2.24) is 4.90 Å². The minimum absolute atomic E-state index is 0.757. The summed E-state index contributed by atoms with van der Waals surface area (Å²) in [4.78, 5) is 2.06. The third-order valence-corrected chi connectivity index (χ3v) is 0.576. The average molecular weight is 82.9 g/mol. The first-order valence-corrected chi connectivity index (χ1v) is 2.12. The maximum atomic E-state index is 5.19. The fourth-order valence-electron chi connectivity index (χ4n) is 0.258. The Hall–Kier alpha value is 0.0249. The summed E-state index contributed by atoms with van der Waals surface area (Å²) in [5, 5.41) is 0. The molecule has 0 aromatic carbocycles. The summed E-state index contributed by atoms with van der Waals surface area (Å²) < 4.78 is 0. The van der Waals surface area contributed by atoms with E-state index >= 15 is 0 Å². The van der Waals surface area contributed by atoms with E-state index in [1.807, 2.05) is 14.1 Å². The van der Waals surface area contributed by atoms with E-state index in [0.717, 1.165) is 12.9 Å². The van der Waals surface area contributed by atoms with Crippen molar-refractivity contribution in [3.63, 3.8) is 0 Å². The number of rotatable bonds is 2. The monoisotopic (exact) mass is 83.1 g/mol. The molecular weight excluding hydrogens is 72.9 g/mol. The molecule has 1 nitrogen and oxygen atoms in total. The molecule has 0 heterocycles. The van der Waals surface area contributed by atoms with Gasteiger partial charge in [-0.25, -0.2) is 0 Å². The van der Waals surface area contributed by atoms with Gasteiger partial charge in [0.1, 0.15) is 0 Å². The van der Waals surface area contributed by atoms with Crippen LogP contribution in [0.2, 0.25) is 6.32 Å². The van der Waals surface area contributed by atoms with Gasteiger partial charge in [-0.2, -0.15) is 0 Å². The number of nitrogens with zero attached hydrogens (tertiary/aromatic N) is 1. The van der Waals surface area contributed by atoms with Crippen molar-refractivity contribution in [2.24, 2.45) is 0 Å². The summed E-state index contributed by atoms with van der Waals surface area (Å²) in [6.45, 7) is 0.986. The maximum Gasteiger partial charge on any atom is 0.0670 e. The lowest BCUT2D eigenvalue weighted by Crippen LogP contribution is -2.11. The first kappa shape index (κ1) is 6.02. The standard InChI is InChI=1S/C4H10BN/c1-6(2)4-3-5/h3-4H2,1-2H3. The second-order valence-corrected chi connectivity index (χ2v) is 1.59. The van der Waals surface area contributed by atoms with E-state index in [9.17, 15) is 0 Å². The van der Waals surface area contributed by atoms with Crippen LogP contribution in [0.3, 0.4) is 0 Å². The van der Waals surface area contributed by atoms with E-state index in [-0.39, 0.29) is 0 Å². The van der Waals surface area contributed by atoms with Gasteiger partial charge in [0.05, 0.1) is 7.85 Å². The van der Waals surface area contributed by atoms with E-state index in [1.165, 1.54) is 0 Å². The molecule has 0 aromatic rings. The van der Waals surface area contributed by atoms with E-state index in [1.54, 1.807) is 0 Å².